The summed E-state index contributed by atoms with van der Waals surface area (Å²) in [5, 5.41) is -0.589. The molecule has 72 valence electrons. The van der Waals surface area contributed by atoms with E-state index >= 15 is 0 Å². The van der Waals surface area contributed by atoms with Crippen LogP contribution in [-0.4, -0.2) is 22.9 Å². The van der Waals surface area contributed by atoms with E-state index in [-0.39, 0.29) is 5.56 Å². The highest BCUT2D eigenvalue weighted by Crippen LogP contribution is 2.10. The van der Waals surface area contributed by atoms with Crippen molar-refractivity contribution in [1.82, 2.24) is 9.97 Å². The van der Waals surface area contributed by atoms with Crippen molar-refractivity contribution in [3.8, 4) is 0 Å². The molecule has 1 rings (SSSR count). The molecule has 0 radical (unpaired) electrons. The molecule has 1 aromatic heterocycles. The zero-order chi connectivity index (χ0) is 10.2. The number of hydrogen-bond acceptors (Lipinski definition) is 4. The van der Waals surface area contributed by atoms with E-state index in [1.165, 1.54) is 13.8 Å². The predicted molar refractivity (Wildman–Crippen MR) is 44.1 cm³/mol. The van der Waals surface area contributed by atoms with Crippen molar-refractivity contribution in [3.05, 3.63) is 21.7 Å². The second kappa shape index (κ2) is 2.93. The van der Waals surface area contributed by atoms with Gasteiger partial charge in [0.05, 0.1) is 0 Å². The van der Waals surface area contributed by atoms with E-state index < -0.39 is 20.8 Å². The highest BCUT2D eigenvalue weighted by Gasteiger charge is 2.17. The van der Waals surface area contributed by atoms with Crippen LogP contribution in [0.3, 0.4) is 0 Å². The van der Waals surface area contributed by atoms with Gasteiger partial charge in [-0.05, 0) is 13.8 Å². The summed E-state index contributed by atoms with van der Waals surface area (Å²) in [5.41, 5.74) is -0.189. The Morgan fingerprint density at radius 2 is 1.92 bits per heavy atom. The first-order valence-electron chi connectivity index (χ1n) is 3.37. The van der Waals surface area contributed by atoms with Crippen molar-refractivity contribution in [2.24, 2.45) is 0 Å². The number of aryl methyl sites for hydroxylation is 1. The van der Waals surface area contributed by atoms with Crippen LogP contribution in [0.5, 0.6) is 0 Å². The first-order chi connectivity index (χ1) is 5.82. The molecule has 13 heavy (non-hydrogen) atoms. The summed E-state index contributed by atoms with van der Waals surface area (Å²) in [6.07, 6.45) is 0. The van der Waals surface area contributed by atoms with Crippen LogP contribution in [0.4, 0.5) is 0 Å². The lowest BCUT2D eigenvalue weighted by Gasteiger charge is -2.02. The maximum atomic E-state index is 10.8. The molecule has 0 aliphatic carbocycles. The minimum Gasteiger partial charge on any atom is -0.310 e. The zero-order valence-corrected chi connectivity index (χ0v) is 7.84. The van der Waals surface area contributed by atoms with Crippen LogP contribution in [-0.2, 0) is 10.1 Å². The smallest absolute Gasteiger partial charge is 0.310 e. The normalized spacial score (nSPS) is 11.6. The fourth-order valence-corrected chi connectivity index (χ4v) is 1.61. The Morgan fingerprint density at radius 3 is 2.38 bits per heavy atom. The number of nitrogens with zero attached hydrogens (tertiary/aromatic N) is 1. The molecule has 1 aromatic rings. The second-order valence-corrected chi connectivity index (χ2v) is 3.91. The molecule has 0 aromatic carbocycles. The molecule has 7 heteroatoms. The molecule has 0 bridgehead atoms. The monoisotopic (exact) mass is 204 g/mol. The summed E-state index contributed by atoms with van der Waals surface area (Å²) in [7, 11) is -4.41. The molecule has 0 saturated carbocycles. The number of hydrogen-bond donors (Lipinski definition) is 2. The van der Waals surface area contributed by atoms with Crippen LogP contribution in [0.1, 0.15) is 11.3 Å². The second-order valence-electron chi connectivity index (χ2n) is 2.57. The fraction of sp³-hybridized carbons (Fsp3) is 0.333. The van der Waals surface area contributed by atoms with Crippen molar-refractivity contribution in [2.75, 3.05) is 0 Å². The van der Waals surface area contributed by atoms with Crippen LogP contribution in [0.15, 0.2) is 9.82 Å². The highest BCUT2D eigenvalue weighted by atomic mass is 32.2. The molecule has 0 aliphatic heterocycles. The first kappa shape index (κ1) is 9.87. The molecule has 0 amide bonds. The summed E-state index contributed by atoms with van der Waals surface area (Å²) < 4.78 is 30.1. The Bertz CT molecular complexity index is 488. The molecule has 0 saturated heterocycles. The summed E-state index contributed by atoms with van der Waals surface area (Å²) in [6, 6.07) is 0. The third-order valence-electron chi connectivity index (χ3n) is 1.63. The number of nitrogens with one attached hydrogen (secondary N) is 1. The van der Waals surface area contributed by atoms with Crippen LogP contribution in [0, 0.1) is 13.8 Å². The quantitative estimate of drug-likeness (QED) is 0.480. The molecule has 1 heterocycles. The predicted octanol–water partition coefficient (Wildman–Crippen LogP) is -0.367. The van der Waals surface area contributed by atoms with Gasteiger partial charge < -0.3 is 4.98 Å². The van der Waals surface area contributed by atoms with E-state index in [9.17, 15) is 13.2 Å². The lowest BCUT2D eigenvalue weighted by Crippen LogP contribution is -2.18. The van der Waals surface area contributed by atoms with Gasteiger partial charge in [0.1, 0.15) is 0 Å². The molecule has 0 spiro atoms. The average molecular weight is 204 g/mol. The van der Waals surface area contributed by atoms with Crippen molar-refractivity contribution in [2.45, 2.75) is 18.9 Å². The molecule has 6 nitrogen and oxygen atoms in total. The van der Waals surface area contributed by atoms with Crippen LogP contribution >= 0.6 is 0 Å². The Morgan fingerprint density at radius 1 is 1.38 bits per heavy atom. The van der Waals surface area contributed by atoms with E-state index in [4.69, 9.17) is 4.55 Å². The van der Waals surface area contributed by atoms with E-state index in [1.807, 2.05) is 0 Å². The first-order valence-corrected chi connectivity index (χ1v) is 4.81. The lowest BCUT2D eigenvalue weighted by molar-refractivity contribution is 0.477. The SMILES string of the molecule is Cc1[nH]c(=O)nc(S(=O)(=O)O)c1C. The number of aromatic nitrogens is 2. The Kier molecular flexibility index (Phi) is 2.22. The Labute approximate surface area is 74.4 Å². The van der Waals surface area contributed by atoms with Gasteiger partial charge in [-0.25, -0.2) is 4.79 Å². The van der Waals surface area contributed by atoms with E-state index in [2.05, 4.69) is 9.97 Å². The standard InChI is InChI=1S/C6H8N2O4S/c1-3-4(2)7-6(9)8-5(3)13(10,11)12/h1-2H3,(H,7,8,9)(H,10,11,12). The number of aromatic amines is 1. The van der Waals surface area contributed by atoms with Gasteiger partial charge in [-0.2, -0.15) is 13.4 Å². The van der Waals surface area contributed by atoms with E-state index in [0.717, 1.165) is 0 Å². The van der Waals surface area contributed by atoms with Gasteiger partial charge in [-0.15, -0.1) is 0 Å². The van der Waals surface area contributed by atoms with Crippen molar-refractivity contribution >= 4 is 10.1 Å². The molecule has 0 fully saturated rings. The average Bonchev–Trinajstić information content (AvgIpc) is 1.94. The molecule has 0 atom stereocenters. The minimum atomic E-state index is -4.41. The Balaban J connectivity index is 3.66. The maximum absolute atomic E-state index is 10.8. The Hall–Kier alpha value is -1.21. The fourth-order valence-electron chi connectivity index (χ4n) is 0.870. The molecule has 0 aliphatic rings. The van der Waals surface area contributed by atoms with Gasteiger partial charge in [0, 0.05) is 11.3 Å². The van der Waals surface area contributed by atoms with Crippen molar-refractivity contribution in [1.29, 1.82) is 0 Å². The summed E-state index contributed by atoms with van der Waals surface area (Å²) in [5.74, 6) is 0. The van der Waals surface area contributed by atoms with Gasteiger partial charge in [-0.3, -0.25) is 4.55 Å². The number of H-pyrrole nitrogens is 1. The van der Waals surface area contributed by atoms with Crippen LogP contribution in [0.2, 0.25) is 0 Å². The number of rotatable bonds is 1. The third kappa shape index (κ3) is 1.93. The van der Waals surface area contributed by atoms with Gasteiger partial charge >= 0.3 is 15.8 Å². The van der Waals surface area contributed by atoms with E-state index in [1.54, 1.807) is 0 Å². The lowest BCUT2D eigenvalue weighted by atomic mass is 10.3. The molecule has 0 unspecified atom stereocenters. The topological polar surface area (TPSA) is 100 Å². The third-order valence-corrected chi connectivity index (χ3v) is 2.51. The summed E-state index contributed by atoms with van der Waals surface area (Å²) in [6.45, 7) is 2.97. The zero-order valence-electron chi connectivity index (χ0n) is 7.03. The molecular weight excluding hydrogens is 196 g/mol. The van der Waals surface area contributed by atoms with Crippen molar-refractivity contribution in [3.63, 3.8) is 0 Å². The highest BCUT2D eigenvalue weighted by molar-refractivity contribution is 7.85. The molecule has 2 N–H and O–H groups in total. The summed E-state index contributed by atoms with van der Waals surface area (Å²) >= 11 is 0. The van der Waals surface area contributed by atoms with Gasteiger partial charge in [0.25, 0.3) is 0 Å². The summed E-state index contributed by atoms with van der Waals surface area (Å²) in [4.78, 5) is 16.2. The van der Waals surface area contributed by atoms with Crippen molar-refractivity contribution < 1.29 is 13.0 Å². The minimum absolute atomic E-state index is 0.238. The molecular formula is C6H8N2O4S. The largest absolute Gasteiger partial charge is 0.346 e. The van der Waals surface area contributed by atoms with Crippen LogP contribution < -0.4 is 5.69 Å². The van der Waals surface area contributed by atoms with Gasteiger partial charge in [0.15, 0.2) is 5.03 Å². The van der Waals surface area contributed by atoms with E-state index in [0.29, 0.717) is 5.69 Å². The van der Waals surface area contributed by atoms with Crippen LogP contribution in [0.25, 0.3) is 0 Å². The maximum Gasteiger partial charge on any atom is 0.346 e. The van der Waals surface area contributed by atoms with Gasteiger partial charge in [0.2, 0.25) is 0 Å². The van der Waals surface area contributed by atoms with Gasteiger partial charge in [-0.1, -0.05) is 0 Å².